The molecule has 126 valence electrons. The lowest BCUT2D eigenvalue weighted by Gasteiger charge is -2.11. The Bertz CT molecular complexity index is 828. The summed E-state index contributed by atoms with van der Waals surface area (Å²) in [6, 6.07) is 1.63. The van der Waals surface area contributed by atoms with Crippen LogP contribution in [0.3, 0.4) is 0 Å². The van der Waals surface area contributed by atoms with Gasteiger partial charge in [0.2, 0.25) is 0 Å². The number of hydrogen-bond donors (Lipinski definition) is 0. The Morgan fingerprint density at radius 2 is 1.91 bits per heavy atom. The fourth-order valence-electron chi connectivity index (χ4n) is 1.88. The molecule has 0 aliphatic rings. The van der Waals surface area contributed by atoms with E-state index in [1.165, 1.54) is 6.92 Å². The van der Waals surface area contributed by atoms with Crippen molar-refractivity contribution in [1.82, 2.24) is 10.1 Å². The summed E-state index contributed by atoms with van der Waals surface area (Å²) in [6.07, 6.45) is -3.77. The van der Waals surface area contributed by atoms with Gasteiger partial charge in [0.05, 0.1) is 11.3 Å². The van der Waals surface area contributed by atoms with Gasteiger partial charge in [0, 0.05) is 18.2 Å². The summed E-state index contributed by atoms with van der Waals surface area (Å²) in [6.45, 7) is 1.17. The minimum Gasteiger partial charge on any atom is -0.334 e. The number of rotatable bonds is 4. The van der Waals surface area contributed by atoms with E-state index >= 15 is 0 Å². The number of halogens is 4. The maximum Gasteiger partial charge on any atom is 0.419 e. The smallest absolute Gasteiger partial charge is 0.334 e. The molecule has 10 heteroatoms. The molecule has 1 aromatic carbocycles. The summed E-state index contributed by atoms with van der Waals surface area (Å²) in [5.74, 6) is -1.71. The van der Waals surface area contributed by atoms with E-state index in [4.69, 9.17) is 4.52 Å². The third-order valence-corrected chi connectivity index (χ3v) is 4.03. The molecule has 0 unspecified atom stereocenters. The molecule has 5 nitrogen and oxygen atoms in total. The Balaban J connectivity index is 2.33. The molecule has 2 rings (SSSR count). The molecule has 1 heterocycles. The second-order valence-corrected chi connectivity index (χ2v) is 7.25. The minimum atomic E-state index is -4.80. The van der Waals surface area contributed by atoms with E-state index in [1.54, 1.807) is 0 Å². The molecular weight excluding hydrogens is 340 g/mol. The minimum absolute atomic E-state index is 0.00943. The van der Waals surface area contributed by atoms with Crippen molar-refractivity contribution in [1.29, 1.82) is 0 Å². The van der Waals surface area contributed by atoms with Crippen LogP contribution in [-0.4, -0.2) is 30.6 Å². The number of nitrogens with zero attached hydrogens (tertiary/aromatic N) is 2. The highest BCUT2D eigenvalue weighted by atomic mass is 32.2. The second-order valence-electron chi connectivity index (χ2n) is 4.99. The van der Waals surface area contributed by atoms with Crippen LogP contribution in [0.5, 0.6) is 0 Å². The average Bonchev–Trinajstić information content (AvgIpc) is 2.86. The molecule has 0 radical (unpaired) electrons. The van der Waals surface area contributed by atoms with E-state index in [1.807, 2.05) is 0 Å². The number of sulfone groups is 1. The molecule has 0 saturated carbocycles. The number of benzene rings is 1. The zero-order valence-corrected chi connectivity index (χ0v) is 12.9. The predicted octanol–water partition coefficient (Wildman–Crippen LogP) is 2.79. The van der Waals surface area contributed by atoms with Crippen LogP contribution in [-0.2, 0) is 22.4 Å². The summed E-state index contributed by atoms with van der Waals surface area (Å²) < 4.78 is 78.8. The van der Waals surface area contributed by atoms with Gasteiger partial charge in [-0.05, 0) is 24.6 Å². The van der Waals surface area contributed by atoms with Gasteiger partial charge in [0.1, 0.15) is 15.7 Å². The SMILES string of the molecule is Cc1c(-c2nc(CCS(C)(=O)=O)no2)ccc(C(F)(F)F)c1F. The molecule has 0 aliphatic carbocycles. The van der Waals surface area contributed by atoms with E-state index in [2.05, 4.69) is 10.1 Å². The number of aryl methyl sites for hydroxylation is 1. The van der Waals surface area contributed by atoms with Crippen molar-refractivity contribution in [3.63, 3.8) is 0 Å². The predicted molar refractivity (Wildman–Crippen MR) is 72.8 cm³/mol. The van der Waals surface area contributed by atoms with Gasteiger partial charge in [-0.3, -0.25) is 0 Å². The third kappa shape index (κ3) is 4.06. The third-order valence-electron chi connectivity index (χ3n) is 3.09. The van der Waals surface area contributed by atoms with Gasteiger partial charge in [-0.2, -0.15) is 18.2 Å². The van der Waals surface area contributed by atoms with Crippen molar-refractivity contribution < 1.29 is 30.5 Å². The number of alkyl halides is 3. The summed E-state index contributed by atoms with van der Waals surface area (Å²) in [5.41, 5.74) is -1.64. The fraction of sp³-hybridized carbons (Fsp3) is 0.385. The molecule has 0 N–H and O–H groups in total. The monoisotopic (exact) mass is 352 g/mol. The quantitative estimate of drug-likeness (QED) is 0.791. The summed E-state index contributed by atoms with van der Waals surface area (Å²) in [4.78, 5) is 3.89. The van der Waals surface area contributed by atoms with Gasteiger partial charge in [-0.15, -0.1) is 0 Å². The van der Waals surface area contributed by atoms with Crippen LogP contribution in [0.25, 0.3) is 11.5 Å². The maximum absolute atomic E-state index is 13.9. The summed E-state index contributed by atoms with van der Waals surface area (Å²) in [5, 5.41) is 3.54. The average molecular weight is 352 g/mol. The van der Waals surface area contributed by atoms with Crippen molar-refractivity contribution in [2.45, 2.75) is 19.5 Å². The first-order valence-corrected chi connectivity index (χ1v) is 8.42. The lowest BCUT2D eigenvalue weighted by molar-refractivity contribution is -0.140. The molecule has 0 spiro atoms. The second kappa shape index (κ2) is 5.91. The van der Waals surface area contributed by atoms with Gasteiger partial charge >= 0.3 is 6.18 Å². The van der Waals surface area contributed by atoms with E-state index in [0.717, 1.165) is 12.3 Å². The first kappa shape index (κ1) is 17.4. The highest BCUT2D eigenvalue weighted by Crippen LogP contribution is 2.35. The van der Waals surface area contributed by atoms with Gasteiger partial charge in [-0.1, -0.05) is 5.16 Å². The summed E-state index contributed by atoms with van der Waals surface area (Å²) >= 11 is 0. The zero-order valence-electron chi connectivity index (χ0n) is 12.1. The largest absolute Gasteiger partial charge is 0.419 e. The van der Waals surface area contributed by atoms with E-state index in [-0.39, 0.29) is 35.0 Å². The normalized spacial score (nSPS) is 12.6. The van der Waals surface area contributed by atoms with E-state index < -0.39 is 27.4 Å². The van der Waals surface area contributed by atoms with Gasteiger partial charge in [-0.25, -0.2) is 12.8 Å². The number of hydrogen-bond acceptors (Lipinski definition) is 5. The van der Waals surface area contributed by atoms with Crippen molar-refractivity contribution in [2.24, 2.45) is 0 Å². The number of aromatic nitrogens is 2. The van der Waals surface area contributed by atoms with Gasteiger partial charge in [0.15, 0.2) is 5.82 Å². The van der Waals surface area contributed by atoms with Crippen molar-refractivity contribution in [2.75, 3.05) is 12.0 Å². The Labute approximate surface area is 129 Å². The van der Waals surface area contributed by atoms with Crippen LogP contribution < -0.4 is 0 Å². The van der Waals surface area contributed by atoms with Crippen molar-refractivity contribution in [3.8, 4) is 11.5 Å². The Kier molecular flexibility index (Phi) is 4.47. The van der Waals surface area contributed by atoms with Gasteiger partial charge < -0.3 is 4.52 Å². The molecule has 0 atom stereocenters. The first-order valence-electron chi connectivity index (χ1n) is 6.36. The van der Waals surface area contributed by atoms with Crippen LogP contribution in [0.15, 0.2) is 16.7 Å². The van der Waals surface area contributed by atoms with E-state index in [0.29, 0.717) is 6.07 Å². The molecule has 23 heavy (non-hydrogen) atoms. The topological polar surface area (TPSA) is 73.1 Å². The molecular formula is C13H12F4N2O3S. The Morgan fingerprint density at radius 1 is 1.26 bits per heavy atom. The lowest BCUT2D eigenvalue weighted by atomic mass is 10.0. The zero-order chi connectivity index (χ0) is 17.4. The fourth-order valence-corrected chi connectivity index (χ4v) is 2.43. The van der Waals surface area contributed by atoms with Crippen LogP contribution in [0, 0.1) is 12.7 Å². The van der Waals surface area contributed by atoms with E-state index in [9.17, 15) is 26.0 Å². The highest BCUT2D eigenvalue weighted by molar-refractivity contribution is 7.90. The van der Waals surface area contributed by atoms with Crippen LogP contribution in [0.1, 0.15) is 17.0 Å². The standard InChI is InChI=1S/C13H12F4N2O3S/c1-7-8(3-4-9(11(7)14)13(15,16)17)12-18-10(19-22-12)5-6-23(2,20)21/h3-4H,5-6H2,1-2H3. The molecule has 0 aliphatic heterocycles. The molecule has 0 amide bonds. The first-order chi connectivity index (χ1) is 10.5. The Hall–Kier alpha value is -1.97. The molecule has 2 aromatic rings. The lowest BCUT2D eigenvalue weighted by Crippen LogP contribution is -2.09. The summed E-state index contributed by atoms with van der Waals surface area (Å²) in [7, 11) is -3.22. The van der Waals surface area contributed by atoms with Crippen LogP contribution in [0.2, 0.25) is 0 Å². The van der Waals surface area contributed by atoms with Gasteiger partial charge in [0.25, 0.3) is 5.89 Å². The van der Waals surface area contributed by atoms with Crippen LogP contribution in [0.4, 0.5) is 17.6 Å². The van der Waals surface area contributed by atoms with Crippen LogP contribution >= 0.6 is 0 Å². The molecule has 0 fully saturated rings. The molecule has 0 bridgehead atoms. The highest BCUT2D eigenvalue weighted by Gasteiger charge is 2.35. The molecule has 0 saturated heterocycles. The molecule has 1 aromatic heterocycles. The van der Waals surface area contributed by atoms with Crippen molar-refractivity contribution >= 4 is 9.84 Å². The Morgan fingerprint density at radius 3 is 2.48 bits per heavy atom. The van der Waals surface area contributed by atoms with Crippen molar-refractivity contribution in [3.05, 3.63) is 34.9 Å². The maximum atomic E-state index is 13.9.